The highest BCUT2D eigenvalue weighted by Crippen LogP contribution is 2.45. The summed E-state index contributed by atoms with van der Waals surface area (Å²) in [5.74, 6) is 0. The minimum atomic E-state index is 0.447. The summed E-state index contributed by atoms with van der Waals surface area (Å²) >= 11 is 0. The Kier molecular flexibility index (Phi) is 12.3. The first-order valence-electron chi connectivity index (χ1n) is 27.3. The van der Waals surface area contributed by atoms with E-state index in [0.717, 1.165) is 128 Å². The van der Waals surface area contributed by atoms with Crippen LogP contribution < -0.4 is 0 Å². The van der Waals surface area contributed by atoms with E-state index in [1.54, 1.807) is 12.1 Å². The van der Waals surface area contributed by atoms with Crippen LogP contribution in [0.1, 0.15) is 27.8 Å². The van der Waals surface area contributed by atoms with Crippen molar-refractivity contribution >= 4 is 43.6 Å². The molecule has 0 N–H and O–H groups in total. The Balaban J connectivity index is 1.11. The van der Waals surface area contributed by atoms with Crippen molar-refractivity contribution in [3.8, 4) is 120 Å². The van der Waals surface area contributed by atoms with Crippen LogP contribution in [0.15, 0.2) is 255 Å². The lowest BCUT2D eigenvalue weighted by Gasteiger charge is -2.20. The molecule has 0 amide bonds. The zero-order chi connectivity index (χ0) is 56.8. The lowest BCUT2D eigenvalue weighted by molar-refractivity contribution is 1.09. The summed E-state index contributed by atoms with van der Waals surface area (Å²) in [6, 6.07) is 96.6. The summed E-state index contributed by atoms with van der Waals surface area (Å²) in [6.07, 6.45) is 0. The van der Waals surface area contributed by atoms with Gasteiger partial charge in [0.25, 0.3) is 0 Å². The van der Waals surface area contributed by atoms with Crippen molar-refractivity contribution in [3.63, 3.8) is 0 Å². The first-order valence-corrected chi connectivity index (χ1v) is 27.3. The molecule has 3 aromatic heterocycles. The van der Waals surface area contributed by atoms with Crippen LogP contribution in [0, 0.1) is 56.7 Å². The SMILES string of the molecule is N#Cc1cccc(-c2ccc3c(c2)c2cc(-c4cccc(C#N)c4)ccc2n3-c2cc(C#N)c(-c3cc(-c4ccccc4)nc(-c4ccccc4)c3)cc2-n2c3ccc(-c4cccc(C#N)c4)cc3c3cc(-c4cccc(C#N)c4)ccc32)c1. The average Bonchev–Trinajstić information content (AvgIpc) is 2.04. The molecule has 0 saturated heterocycles. The predicted molar refractivity (Wildman–Crippen MR) is 335 cm³/mol. The van der Waals surface area contributed by atoms with E-state index < -0.39 is 0 Å². The van der Waals surface area contributed by atoms with Gasteiger partial charge in [-0.2, -0.15) is 26.3 Å². The highest BCUT2D eigenvalue weighted by Gasteiger charge is 2.25. The van der Waals surface area contributed by atoms with Crippen molar-refractivity contribution < 1.29 is 0 Å². The third kappa shape index (κ3) is 8.74. The van der Waals surface area contributed by atoms with Gasteiger partial charge in [-0.05, 0) is 171 Å². The standard InChI is InChI=1S/C76H42N8/c77-43-48-11-7-19-54(31-48)58-23-27-71-65(35-58)66-36-59(55-20-8-12-49(32-55)44-78)24-28-72(66)83(71)75-41-63(47-81)64(62-39-69(52-15-3-1-4-16-52)82-70(40-62)53-17-5-2-6-18-53)42-76(75)84-73-29-25-60(56-21-9-13-50(33-56)45-79)37-67(73)68-38-61(26-30-74(68)84)57-22-10-14-51(34-57)46-80/h1-42H. The molecule has 386 valence electrons. The zero-order valence-electron chi connectivity index (χ0n) is 44.8. The lowest BCUT2D eigenvalue weighted by atomic mass is 9.95. The summed E-state index contributed by atoms with van der Waals surface area (Å²) < 4.78 is 4.56. The van der Waals surface area contributed by atoms with Gasteiger partial charge in [-0.1, -0.05) is 133 Å². The Bertz CT molecular complexity index is 4980. The summed E-state index contributed by atoms with van der Waals surface area (Å²) in [5, 5.41) is 55.4. The van der Waals surface area contributed by atoms with Gasteiger partial charge in [-0.25, -0.2) is 4.98 Å². The average molecular weight is 1070 g/mol. The number of nitriles is 5. The molecule has 84 heavy (non-hydrogen) atoms. The topological polar surface area (TPSA) is 142 Å². The normalized spacial score (nSPS) is 11.0. The van der Waals surface area contributed by atoms with Gasteiger partial charge in [0.1, 0.15) is 0 Å². The van der Waals surface area contributed by atoms with E-state index >= 15 is 0 Å². The Morgan fingerprint density at radius 3 is 0.881 bits per heavy atom. The summed E-state index contributed by atoms with van der Waals surface area (Å²) in [5.41, 5.74) is 20.0. The van der Waals surface area contributed by atoms with E-state index in [1.165, 1.54) is 0 Å². The fourth-order valence-electron chi connectivity index (χ4n) is 11.8. The van der Waals surface area contributed by atoms with Crippen LogP contribution in [-0.4, -0.2) is 14.1 Å². The van der Waals surface area contributed by atoms with E-state index in [2.05, 4.69) is 130 Å². The molecule has 0 atom stereocenters. The molecule has 0 fully saturated rings. The van der Waals surface area contributed by atoms with Gasteiger partial charge in [-0.15, -0.1) is 0 Å². The molecule has 11 aromatic carbocycles. The van der Waals surface area contributed by atoms with E-state index in [-0.39, 0.29) is 0 Å². The Labute approximate surface area is 484 Å². The van der Waals surface area contributed by atoms with Crippen LogP contribution in [0.5, 0.6) is 0 Å². The van der Waals surface area contributed by atoms with Gasteiger partial charge in [0.15, 0.2) is 0 Å². The van der Waals surface area contributed by atoms with Gasteiger partial charge < -0.3 is 9.13 Å². The van der Waals surface area contributed by atoms with Gasteiger partial charge in [0.2, 0.25) is 0 Å². The molecule has 8 nitrogen and oxygen atoms in total. The quantitative estimate of drug-likeness (QED) is 0.141. The molecule has 0 aliphatic heterocycles. The molecule has 0 bridgehead atoms. The largest absolute Gasteiger partial charge is 0.307 e. The Hall–Kier alpha value is -12.4. The minimum absolute atomic E-state index is 0.447. The molecule has 14 aromatic rings. The van der Waals surface area contributed by atoms with Crippen molar-refractivity contribution in [2.24, 2.45) is 0 Å². The lowest BCUT2D eigenvalue weighted by Crippen LogP contribution is -2.06. The molecule has 0 unspecified atom stereocenters. The highest BCUT2D eigenvalue weighted by atomic mass is 15.1. The number of aromatic nitrogens is 3. The molecule has 0 aliphatic rings. The number of pyridine rings is 1. The van der Waals surface area contributed by atoms with Gasteiger partial charge in [0, 0.05) is 38.2 Å². The van der Waals surface area contributed by atoms with Crippen LogP contribution in [-0.2, 0) is 0 Å². The monoisotopic (exact) mass is 1070 g/mol. The van der Waals surface area contributed by atoms with Crippen LogP contribution in [0.25, 0.3) is 133 Å². The summed E-state index contributed by atoms with van der Waals surface area (Å²) in [6.45, 7) is 0. The molecule has 0 saturated carbocycles. The summed E-state index contributed by atoms with van der Waals surface area (Å²) in [4.78, 5) is 5.24. The predicted octanol–water partition coefficient (Wildman–Crippen LogP) is 18.3. The van der Waals surface area contributed by atoms with Crippen LogP contribution in [0.4, 0.5) is 0 Å². The molecule has 14 rings (SSSR count). The number of nitrogens with zero attached hydrogens (tertiary/aromatic N) is 8. The maximum absolute atomic E-state index is 11.7. The number of hydrogen-bond acceptors (Lipinski definition) is 6. The molecule has 0 spiro atoms. The molecule has 0 radical (unpaired) electrons. The second kappa shape index (κ2) is 20.7. The van der Waals surface area contributed by atoms with E-state index in [0.29, 0.717) is 33.4 Å². The molecule has 0 aliphatic carbocycles. The smallest absolute Gasteiger partial charge is 0.0998 e. The van der Waals surface area contributed by atoms with Crippen molar-refractivity contribution in [1.82, 2.24) is 14.1 Å². The number of fused-ring (bicyclic) bond motifs is 6. The number of rotatable bonds is 9. The van der Waals surface area contributed by atoms with Crippen LogP contribution in [0.2, 0.25) is 0 Å². The zero-order valence-corrected chi connectivity index (χ0v) is 44.8. The first-order chi connectivity index (χ1) is 41.4. The van der Waals surface area contributed by atoms with Crippen LogP contribution >= 0.6 is 0 Å². The van der Waals surface area contributed by atoms with Crippen molar-refractivity contribution in [1.29, 1.82) is 26.3 Å². The van der Waals surface area contributed by atoms with E-state index in [1.807, 2.05) is 152 Å². The van der Waals surface area contributed by atoms with Gasteiger partial charge in [-0.3, -0.25) is 0 Å². The molecule has 8 heteroatoms. The van der Waals surface area contributed by atoms with E-state index in [9.17, 15) is 26.3 Å². The van der Waals surface area contributed by atoms with Crippen molar-refractivity contribution in [2.45, 2.75) is 0 Å². The minimum Gasteiger partial charge on any atom is -0.307 e. The maximum atomic E-state index is 11.7. The fraction of sp³-hybridized carbons (Fsp3) is 0. The fourth-order valence-corrected chi connectivity index (χ4v) is 11.8. The third-order valence-corrected chi connectivity index (χ3v) is 15.8. The second-order valence-electron chi connectivity index (χ2n) is 20.7. The van der Waals surface area contributed by atoms with Crippen molar-refractivity contribution in [2.75, 3.05) is 0 Å². The van der Waals surface area contributed by atoms with Crippen molar-refractivity contribution in [3.05, 3.63) is 283 Å². The Morgan fingerprint density at radius 1 is 0.250 bits per heavy atom. The maximum Gasteiger partial charge on any atom is 0.0998 e. The molecule has 3 heterocycles. The molecular formula is C76H42N8. The van der Waals surface area contributed by atoms with Crippen LogP contribution in [0.3, 0.4) is 0 Å². The Morgan fingerprint density at radius 2 is 0.560 bits per heavy atom. The van der Waals surface area contributed by atoms with E-state index in [4.69, 9.17) is 4.98 Å². The molecular weight excluding hydrogens is 1020 g/mol. The third-order valence-electron chi connectivity index (χ3n) is 15.8. The summed E-state index contributed by atoms with van der Waals surface area (Å²) in [7, 11) is 0. The number of benzene rings is 11. The first kappa shape index (κ1) is 49.9. The van der Waals surface area contributed by atoms with Gasteiger partial charge >= 0.3 is 0 Å². The van der Waals surface area contributed by atoms with Gasteiger partial charge in [0.05, 0.1) is 103 Å². The number of hydrogen-bond donors (Lipinski definition) is 0. The highest BCUT2D eigenvalue weighted by molar-refractivity contribution is 6.14. The second-order valence-corrected chi connectivity index (χ2v) is 20.7.